The van der Waals surface area contributed by atoms with Crippen LogP contribution in [-0.2, 0) is 9.47 Å². The zero-order valence-electron chi connectivity index (χ0n) is 9.68. The molecule has 0 aliphatic heterocycles. The van der Waals surface area contributed by atoms with E-state index in [1.807, 2.05) is 0 Å². The van der Waals surface area contributed by atoms with Gasteiger partial charge in [-0.15, -0.1) is 4.98 Å². The number of methoxy groups -OCH3 is 2. The summed E-state index contributed by atoms with van der Waals surface area (Å²) in [4.78, 5) is 11.5. The number of hydrogen-bond donors (Lipinski definition) is 0. The van der Waals surface area contributed by atoms with E-state index in [1.54, 1.807) is 14.2 Å². The molecular formula is C9H14ClN3O4. The number of rotatable bonds is 8. The van der Waals surface area contributed by atoms with Gasteiger partial charge in [-0.3, -0.25) is 0 Å². The monoisotopic (exact) mass is 263 g/mol. The second kappa shape index (κ2) is 7.99. The van der Waals surface area contributed by atoms with Crippen molar-refractivity contribution in [3.05, 3.63) is 5.28 Å². The first-order valence-corrected chi connectivity index (χ1v) is 5.29. The molecule has 0 unspecified atom stereocenters. The summed E-state index contributed by atoms with van der Waals surface area (Å²) in [6.07, 6.45) is 0. The average molecular weight is 264 g/mol. The van der Waals surface area contributed by atoms with Crippen LogP contribution < -0.4 is 9.47 Å². The van der Waals surface area contributed by atoms with E-state index in [4.69, 9.17) is 30.5 Å². The van der Waals surface area contributed by atoms with Crippen molar-refractivity contribution >= 4 is 11.6 Å². The first-order valence-electron chi connectivity index (χ1n) is 4.91. The Morgan fingerprint density at radius 3 is 1.71 bits per heavy atom. The Morgan fingerprint density at radius 1 is 0.824 bits per heavy atom. The molecule has 0 saturated heterocycles. The molecule has 0 amide bonds. The number of nitrogens with zero attached hydrogens (tertiary/aromatic N) is 3. The summed E-state index contributed by atoms with van der Waals surface area (Å²) < 4.78 is 20.0. The zero-order chi connectivity index (χ0) is 12.5. The van der Waals surface area contributed by atoms with E-state index >= 15 is 0 Å². The third-order valence-electron chi connectivity index (χ3n) is 1.60. The Kier molecular flexibility index (Phi) is 6.53. The normalized spacial score (nSPS) is 10.3. The third kappa shape index (κ3) is 5.62. The maximum Gasteiger partial charge on any atom is 0.324 e. The minimum atomic E-state index is 0.0137. The van der Waals surface area contributed by atoms with Gasteiger partial charge in [0, 0.05) is 14.2 Å². The standard InChI is InChI=1S/C9H14ClN3O4/c1-14-3-5-16-8-11-7(10)12-9(13-8)17-6-4-15-2/h3-6H2,1-2H3. The van der Waals surface area contributed by atoms with Gasteiger partial charge in [-0.2, -0.15) is 9.97 Å². The molecule has 0 aliphatic rings. The second-order valence-corrected chi connectivity index (χ2v) is 3.19. The van der Waals surface area contributed by atoms with Crippen molar-refractivity contribution in [3.8, 4) is 12.0 Å². The minimum absolute atomic E-state index is 0.0137. The molecule has 0 spiro atoms. The van der Waals surface area contributed by atoms with Crippen LogP contribution in [0.3, 0.4) is 0 Å². The molecule has 96 valence electrons. The van der Waals surface area contributed by atoms with Crippen molar-refractivity contribution < 1.29 is 18.9 Å². The Hall–Kier alpha value is -1.18. The highest BCUT2D eigenvalue weighted by Crippen LogP contribution is 2.12. The van der Waals surface area contributed by atoms with Gasteiger partial charge in [-0.05, 0) is 11.6 Å². The molecule has 0 radical (unpaired) electrons. The van der Waals surface area contributed by atoms with Gasteiger partial charge in [-0.25, -0.2) is 0 Å². The lowest BCUT2D eigenvalue weighted by Gasteiger charge is -2.06. The third-order valence-corrected chi connectivity index (χ3v) is 1.77. The fraction of sp³-hybridized carbons (Fsp3) is 0.667. The van der Waals surface area contributed by atoms with Gasteiger partial charge >= 0.3 is 12.0 Å². The van der Waals surface area contributed by atoms with E-state index in [1.165, 1.54) is 0 Å². The van der Waals surface area contributed by atoms with Crippen molar-refractivity contribution in [2.75, 3.05) is 40.6 Å². The summed E-state index contributed by atoms with van der Waals surface area (Å²) in [7, 11) is 3.14. The Morgan fingerprint density at radius 2 is 1.29 bits per heavy atom. The molecule has 1 aromatic heterocycles. The van der Waals surface area contributed by atoms with Gasteiger partial charge < -0.3 is 18.9 Å². The highest BCUT2D eigenvalue weighted by atomic mass is 35.5. The lowest BCUT2D eigenvalue weighted by molar-refractivity contribution is 0.132. The number of halogens is 1. The quantitative estimate of drug-likeness (QED) is 0.635. The van der Waals surface area contributed by atoms with Crippen LogP contribution in [0.4, 0.5) is 0 Å². The molecule has 8 heteroatoms. The summed E-state index contributed by atoms with van der Waals surface area (Å²) >= 11 is 5.69. The predicted octanol–water partition coefficient (Wildman–Crippen LogP) is 0.575. The van der Waals surface area contributed by atoms with Crippen molar-refractivity contribution in [1.29, 1.82) is 0 Å². The summed E-state index contributed by atoms with van der Waals surface area (Å²) in [6, 6.07) is 0.212. The zero-order valence-corrected chi connectivity index (χ0v) is 10.4. The predicted molar refractivity (Wildman–Crippen MR) is 59.6 cm³/mol. The van der Waals surface area contributed by atoms with Gasteiger partial charge in [-0.1, -0.05) is 0 Å². The molecule has 0 aromatic carbocycles. The largest absolute Gasteiger partial charge is 0.461 e. The van der Waals surface area contributed by atoms with Crippen LogP contribution >= 0.6 is 11.6 Å². The molecule has 17 heavy (non-hydrogen) atoms. The van der Waals surface area contributed by atoms with E-state index < -0.39 is 0 Å². The number of aromatic nitrogens is 3. The van der Waals surface area contributed by atoms with E-state index in [0.29, 0.717) is 26.4 Å². The first kappa shape index (κ1) is 13.9. The van der Waals surface area contributed by atoms with Crippen molar-refractivity contribution in [3.63, 3.8) is 0 Å². The molecule has 1 rings (SSSR count). The topological polar surface area (TPSA) is 75.6 Å². The van der Waals surface area contributed by atoms with Crippen LogP contribution in [0.2, 0.25) is 5.28 Å². The van der Waals surface area contributed by atoms with Crippen LogP contribution in [0.5, 0.6) is 12.0 Å². The smallest absolute Gasteiger partial charge is 0.324 e. The number of hydrogen-bond acceptors (Lipinski definition) is 7. The Balaban J connectivity index is 2.53. The maximum atomic E-state index is 5.69. The molecule has 7 nitrogen and oxygen atoms in total. The van der Waals surface area contributed by atoms with Gasteiger partial charge in [0.2, 0.25) is 5.28 Å². The lowest BCUT2D eigenvalue weighted by Crippen LogP contribution is -2.10. The molecule has 0 N–H and O–H groups in total. The van der Waals surface area contributed by atoms with Crippen LogP contribution in [0.15, 0.2) is 0 Å². The Labute approximate surface area is 104 Å². The van der Waals surface area contributed by atoms with Crippen LogP contribution in [-0.4, -0.2) is 55.6 Å². The summed E-state index contributed by atoms with van der Waals surface area (Å²) in [6.45, 7) is 1.52. The second-order valence-electron chi connectivity index (χ2n) is 2.85. The molecule has 0 bridgehead atoms. The van der Waals surface area contributed by atoms with E-state index in [-0.39, 0.29) is 17.3 Å². The molecule has 0 saturated carbocycles. The van der Waals surface area contributed by atoms with Crippen LogP contribution in [0.1, 0.15) is 0 Å². The maximum absolute atomic E-state index is 5.69. The van der Waals surface area contributed by atoms with Crippen molar-refractivity contribution in [2.45, 2.75) is 0 Å². The van der Waals surface area contributed by atoms with Gasteiger partial charge in [0.05, 0.1) is 13.2 Å². The van der Waals surface area contributed by atoms with Gasteiger partial charge in [0.1, 0.15) is 13.2 Å². The summed E-state index contributed by atoms with van der Waals surface area (Å²) in [5.41, 5.74) is 0. The summed E-state index contributed by atoms with van der Waals surface area (Å²) in [5, 5.41) is 0.0137. The highest BCUT2D eigenvalue weighted by molar-refractivity contribution is 6.28. The fourth-order valence-electron chi connectivity index (χ4n) is 0.876. The lowest BCUT2D eigenvalue weighted by atomic mass is 10.8. The van der Waals surface area contributed by atoms with E-state index in [9.17, 15) is 0 Å². The molecule has 1 aromatic rings. The van der Waals surface area contributed by atoms with Gasteiger partial charge in [0.15, 0.2) is 0 Å². The summed E-state index contributed by atoms with van der Waals surface area (Å²) in [5.74, 6) is 0. The van der Waals surface area contributed by atoms with Crippen LogP contribution in [0, 0.1) is 0 Å². The van der Waals surface area contributed by atoms with E-state index in [0.717, 1.165) is 0 Å². The number of ether oxygens (including phenoxy) is 4. The fourth-order valence-corrected chi connectivity index (χ4v) is 1.02. The van der Waals surface area contributed by atoms with Crippen LogP contribution in [0.25, 0.3) is 0 Å². The van der Waals surface area contributed by atoms with Gasteiger partial charge in [0.25, 0.3) is 0 Å². The minimum Gasteiger partial charge on any atom is -0.461 e. The molecule has 0 aliphatic carbocycles. The average Bonchev–Trinajstić information content (AvgIpc) is 2.29. The molecular weight excluding hydrogens is 250 g/mol. The molecule has 0 fully saturated rings. The van der Waals surface area contributed by atoms with E-state index in [2.05, 4.69) is 15.0 Å². The molecule has 1 heterocycles. The first-order chi connectivity index (χ1) is 8.26. The molecule has 0 atom stereocenters. The van der Waals surface area contributed by atoms with Crippen molar-refractivity contribution in [2.24, 2.45) is 0 Å². The Bertz CT molecular complexity index is 312. The highest BCUT2D eigenvalue weighted by Gasteiger charge is 2.06. The van der Waals surface area contributed by atoms with Crippen molar-refractivity contribution in [1.82, 2.24) is 15.0 Å². The SMILES string of the molecule is COCCOc1nc(Cl)nc(OCCOC)n1.